The van der Waals surface area contributed by atoms with Crippen molar-refractivity contribution in [1.82, 2.24) is 10.3 Å². The summed E-state index contributed by atoms with van der Waals surface area (Å²) in [4.78, 5) is 16.1. The summed E-state index contributed by atoms with van der Waals surface area (Å²) in [5.41, 5.74) is 0.684. The SMILES string of the molecule is CCC(CCl)(CCl)NC(=O)c1ncccc1C. The molecule has 1 heterocycles. The Hall–Kier alpha value is -0.800. The van der Waals surface area contributed by atoms with E-state index in [0.717, 1.165) is 5.56 Å². The summed E-state index contributed by atoms with van der Waals surface area (Å²) in [6.07, 6.45) is 2.27. The van der Waals surface area contributed by atoms with Crippen LogP contribution < -0.4 is 5.32 Å². The molecule has 0 atom stereocenters. The summed E-state index contributed by atoms with van der Waals surface area (Å²) < 4.78 is 0. The fourth-order valence-electron chi connectivity index (χ4n) is 1.40. The Bertz CT molecular complexity index is 384. The van der Waals surface area contributed by atoms with E-state index in [1.807, 2.05) is 19.9 Å². The van der Waals surface area contributed by atoms with E-state index < -0.39 is 5.54 Å². The van der Waals surface area contributed by atoms with Crippen molar-refractivity contribution in [3.63, 3.8) is 0 Å². The number of hydrogen-bond acceptors (Lipinski definition) is 2. The van der Waals surface area contributed by atoms with E-state index in [4.69, 9.17) is 23.2 Å². The van der Waals surface area contributed by atoms with E-state index in [-0.39, 0.29) is 17.7 Å². The number of aromatic nitrogens is 1. The van der Waals surface area contributed by atoms with E-state index in [9.17, 15) is 4.79 Å². The molecule has 0 bridgehead atoms. The predicted molar refractivity (Wildman–Crippen MR) is 70.9 cm³/mol. The Kier molecular flexibility index (Phi) is 5.22. The average molecular weight is 275 g/mol. The van der Waals surface area contributed by atoms with Crippen molar-refractivity contribution in [3.05, 3.63) is 29.6 Å². The normalized spacial score (nSPS) is 11.3. The van der Waals surface area contributed by atoms with Crippen molar-refractivity contribution in [2.75, 3.05) is 11.8 Å². The van der Waals surface area contributed by atoms with Crippen molar-refractivity contribution >= 4 is 29.1 Å². The van der Waals surface area contributed by atoms with Crippen molar-refractivity contribution < 1.29 is 4.79 Å². The lowest BCUT2D eigenvalue weighted by Crippen LogP contribution is -2.51. The van der Waals surface area contributed by atoms with Crippen LogP contribution in [0, 0.1) is 6.92 Å². The highest BCUT2D eigenvalue weighted by Crippen LogP contribution is 2.16. The zero-order valence-corrected chi connectivity index (χ0v) is 11.5. The van der Waals surface area contributed by atoms with Gasteiger partial charge in [0, 0.05) is 18.0 Å². The number of rotatable bonds is 5. The number of nitrogens with one attached hydrogen (secondary N) is 1. The summed E-state index contributed by atoms with van der Waals surface area (Å²) in [7, 11) is 0. The number of carbonyl (C=O) groups is 1. The molecule has 0 aromatic carbocycles. The third-order valence-corrected chi connectivity index (χ3v) is 3.81. The van der Waals surface area contributed by atoms with E-state index in [2.05, 4.69) is 10.3 Å². The topological polar surface area (TPSA) is 42.0 Å². The van der Waals surface area contributed by atoms with Gasteiger partial charge in [-0.3, -0.25) is 9.78 Å². The fraction of sp³-hybridized carbons (Fsp3) is 0.500. The molecule has 0 aliphatic heterocycles. The second kappa shape index (κ2) is 6.22. The van der Waals surface area contributed by atoms with Gasteiger partial charge in [-0.1, -0.05) is 13.0 Å². The maximum atomic E-state index is 12.1. The standard InChI is InChI=1S/C12H16Cl2N2O/c1-3-12(7-13,8-14)16-11(17)10-9(2)5-4-6-15-10/h4-6H,3,7-8H2,1-2H3,(H,16,17). The van der Waals surface area contributed by atoms with Gasteiger partial charge in [-0.05, 0) is 25.0 Å². The highest BCUT2D eigenvalue weighted by Gasteiger charge is 2.29. The molecule has 1 rings (SSSR count). The van der Waals surface area contributed by atoms with Gasteiger partial charge in [0.05, 0.1) is 5.54 Å². The Morgan fingerprint density at radius 3 is 2.59 bits per heavy atom. The van der Waals surface area contributed by atoms with Gasteiger partial charge in [0.15, 0.2) is 0 Å². The summed E-state index contributed by atoms with van der Waals surface area (Å²) in [5.74, 6) is 0.334. The monoisotopic (exact) mass is 274 g/mol. The largest absolute Gasteiger partial charge is 0.343 e. The van der Waals surface area contributed by atoms with Crippen LogP contribution in [0.2, 0.25) is 0 Å². The number of nitrogens with zero attached hydrogens (tertiary/aromatic N) is 1. The van der Waals surface area contributed by atoms with E-state index in [1.165, 1.54) is 0 Å². The molecule has 0 radical (unpaired) electrons. The summed E-state index contributed by atoms with van der Waals surface area (Å²) in [6, 6.07) is 3.64. The Labute approximate surface area is 112 Å². The maximum Gasteiger partial charge on any atom is 0.270 e. The minimum absolute atomic E-state index is 0.230. The minimum atomic E-state index is -0.565. The molecule has 1 amide bonds. The molecule has 3 nitrogen and oxygen atoms in total. The lowest BCUT2D eigenvalue weighted by atomic mass is 10.0. The van der Waals surface area contributed by atoms with Gasteiger partial charge in [-0.2, -0.15) is 0 Å². The van der Waals surface area contributed by atoms with Gasteiger partial charge < -0.3 is 5.32 Å². The van der Waals surface area contributed by atoms with Crippen molar-refractivity contribution in [1.29, 1.82) is 0 Å². The van der Waals surface area contributed by atoms with Crippen LogP contribution in [0.25, 0.3) is 0 Å². The molecule has 0 aliphatic rings. The quantitative estimate of drug-likeness (QED) is 0.839. The van der Waals surface area contributed by atoms with Crippen LogP contribution in [0.4, 0.5) is 0 Å². The fourth-order valence-corrected chi connectivity index (χ4v) is 2.20. The molecule has 17 heavy (non-hydrogen) atoms. The van der Waals surface area contributed by atoms with Crippen LogP contribution in [0.3, 0.4) is 0 Å². The Morgan fingerprint density at radius 2 is 2.12 bits per heavy atom. The van der Waals surface area contributed by atoms with Crippen LogP contribution >= 0.6 is 23.2 Å². The van der Waals surface area contributed by atoms with Gasteiger partial charge in [0.1, 0.15) is 5.69 Å². The minimum Gasteiger partial charge on any atom is -0.343 e. The van der Waals surface area contributed by atoms with E-state index in [0.29, 0.717) is 12.1 Å². The number of hydrogen-bond donors (Lipinski definition) is 1. The zero-order chi connectivity index (χ0) is 12.9. The van der Waals surface area contributed by atoms with Crippen LogP contribution in [0.1, 0.15) is 29.4 Å². The molecule has 5 heteroatoms. The molecule has 0 spiro atoms. The van der Waals surface area contributed by atoms with Crippen molar-refractivity contribution in [2.45, 2.75) is 25.8 Å². The highest BCUT2D eigenvalue weighted by atomic mass is 35.5. The summed E-state index contributed by atoms with van der Waals surface area (Å²) in [6.45, 7) is 3.78. The second-order valence-electron chi connectivity index (χ2n) is 4.02. The van der Waals surface area contributed by atoms with E-state index in [1.54, 1.807) is 12.3 Å². The van der Waals surface area contributed by atoms with Crippen LogP contribution in [0.15, 0.2) is 18.3 Å². The first-order valence-electron chi connectivity index (χ1n) is 5.44. The first-order valence-corrected chi connectivity index (χ1v) is 6.51. The smallest absolute Gasteiger partial charge is 0.270 e. The van der Waals surface area contributed by atoms with Gasteiger partial charge >= 0.3 is 0 Å². The Morgan fingerprint density at radius 1 is 1.47 bits per heavy atom. The molecular formula is C12H16Cl2N2O. The maximum absolute atomic E-state index is 12.1. The number of halogens is 2. The number of aryl methyl sites for hydroxylation is 1. The third kappa shape index (κ3) is 3.33. The first kappa shape index (κ1) is 14.3. The van der Waals surface area contributed by atoms with Gasteiger partial charge in [-0.15, -0.1) is 23.2 Å². The predicted octanol–water partition coefficient (Wildman–Crippen LogP) is 2.75. The van der Waals surface area contributed by atoms with Gasteiger partial charge in [-0.25, -0.2) is 0 Å². The summed E-state index contributed by atoms with van der Waals surface area (Å²) >= 11 is 11.8. The van der Waals surface area contributed by atoms with Gasteiger partial charge in [0.25, 0.3) is 5.91 Å². The molecule has 0 unspecified atom stereocenters. The first-order chi connectivity index (χ1) is 8.08. The lowest BCUT2D eigenvalue weighted by molar-refractivity contribution is 0.0907. The van der Waals surface area contributed by atoms with Gasteiger partial charge in [0.2, 0.25) is 0 Å². The third-order valence-electron chi connectivity index (χ3n) is 2.79. The molecule has 94 valence electrons. The zero-order valence-electron chi connectivity index (χ0n) is 9.96. The molecule has 1 aromatic heterocycles. The number of pyridine rings is 1. The highest BCUT2D eigenvalue weighted by molar-refractivity contribution is 6.22. The summed E-state index contributed by atoms with van der Waals surface area (Å²) in [5, 5.41) is 2.87. The van der Waals surface area contributed by atoms with Crippen molar-refractivity contribution in [3.8, 4) is 0 Å². The molecule has 0 saturated heterocycles. The van der Waals surface area contributed by atoms with Crippen molar-refractivity contribution in [2.24, 2.45) is 0 Å². The molecular weight excluding hydrogens is 259 g/mol. The van der Waals surface area contributed by atoms with E-state index >= 15 is 0 Å². The molecule has 1 N–H and O–H groups in total. The molecule has 1 aromatic rings. The molecule has 0 aliphatic carbocycles. The average Bonchev–Trinajstić information content (AvgIpc) is 2.36. The Balaban J connectivity index is 2.89. The van der Waals surface area contributed by atoms with Crippen LogP contribution in [0.5, 0.6) is 0 Å². The molecule has 0 fully saturated rings. The van der Waals surface area contributed by atoms with Crippen LogP contribution in [-0.2, 0) is 0 Å². The van der Waals surface area contributed by atoms with Crippen LogP contribution in [-0.4, -0.2) is 28.2 Å². The number of alkyl halides is 2. The lowest BCUT2D eigenvalue weighted by Gasteiger charge is -2.29. The second-order valence-corrected chi connectivity index (χ2v) is 4.56. The number of amides is 1. The molecule has 0 saturated carbocycles. The number of carbonyl (C=O) groups excluding carboxylic acids is 1.